The first kappa shape index (κ1) is 16.0. The van der Waals surface area contributed by atoms with E-state index in [0.29, 0.717) is 0 Å². The van der Waals surface area contributed by atoms with Gasteiger partial charge in [0.05, 0.1) is 46.6 Å². The molecule has 6 nitrogen and oxygen atoms in total. The van der Waals surface area contributed by atoms with Gasteiger partial charge < -0.3 is 0 Å². The first-order chi connectivity index (χ1) is 10.5. The molecule has 6 heteroatoms. The topological polar surface area (TPSA) is 143 Å². The van der Waals surface area contributed by atoms with Crippen LogP contribution in [0.5, 0.6) is 0 Å². The summed E-state index contributed by atoms with van der Waals surface area (Å²) < 4.78 is 0. The lowest BCUT2D eigenvalue weighted by Gasteiger charge is -2.40. The van der Waals surface area contributed by atoms with Gasteiger partial charge in [-0.05, 0) is 0 Å². The minimum atomic E-state index is -1.98. The molecule has 0 saturated heterocycles. The molecule has 0 N–H and O–H groups in total. The molecule has 2 unspecified atom stereocenters. The predicted octanol–water partition coefficient (Wildman–Crippen LogP) is 2.08. The quantitative estimate of drug-likeness (QED) is 0.709. The summed E-state index contributed by atoms with van der Waals surface area (Å²) in [5.74, 6) is 0. The van der Waals surface area contributed by atoms with E-state index in [2.05, 4.69) is 13.2 Å². The summed E-state index contributed by atoms with van der Waals surface area (Å²) in [5, 5.41) is 56.4. The van der Waals surface area contributed by atoms with Gasteiger partial charge in [-0.1, -0.05) is 12.2 Å². The van der Waals surface area contributed by atoms with E-state index >= 15 is 0 Å². The number of nitrogens with zero attached hydrogens (tertiary/aromatic N) is 6. The van der Waals surface area contributed by atoms with E-state index in [0.717, 1.165) is 12.2 Å². The average molecular weight is 282 g/mol. The van der Waals surface area contributed by atoms with E-state index in [-0.39, 0.29) is 0 Å². The van der Waals surface area contributed by atoms with Crippen molar-refractivity contribution in [1.82, 2.24) is 0 Å². The first-order valence-corrected chi connectivity index (χ1v) is 5.74. The van der Waals surface area contributed by atoms with Crippen LogP contribution in [-0.2, 0) is 0 Å². The summed E-state index contributed by atoms with van der Waals surface area (Å²) in [6.07, 6.45) is 2.05. The van der Waals surface area contributed by atoms with E-state index in [1.807, 2.05) is 0 Å². The van der Waals surface area contributed by atoms with Gasteiger partial charge in [0.15, 0.2) is 0 Å². The summed E-state index contributed by atoms with van der Waals surface area (Å²) in [6.45, 7) is 6.95. The van der Waals surface area contributed by atoms with Gasteiger partial charge in [0, 0.05) is 0 Å². The van der Waals surface area contributed by atoms with E-state index in [4.69, 9.17) is 0 Å². The van der Waals surface area contributed by atoms with Gasteiger partial charge in [0.1, 0.15) is 23.0 Å². The third-order valence-electron chi connectivity index (χ3n) is 3.57. The van der Waals surface area contributed by atoms with Gasteiger partial charge in [-0.2, -0.15) is 31.6 Å². The van der Waals surface area contributed by atoms with E-state index in [1.54, 1.807) is 36.4 Å². The standard InChI is InChI=1S/C16H6N6/c1-3-15(9-21)13(7-19)11(5-17)12(6-18)14(8-20)16(15,4-2)10-22/h3-4H,1-2H2. The minimum Gasteiger partial charge on any atom is -0.197 e. The highest BCUT2D eigenvalue weighted by molar-refractivity contribution is 5.73. The Labute approximate surface area is 127 Å². The molecule has 1 aliphatic carbocycles. The van der Waals surface area contributed by atoms with E-state index < -0.39 is 33.1 Å². The highest BCUT2D eigenvalue weighted by atomic mass is 14.6. The van der Waals surface area contributed by atoms with Crippen molar-refractivity contribution in [3.05, 3.63) is 47.6 Å². The van der Waals surface area contributed by atoms with Crippen molar-refractivity contribution in [3.63, 3.8) is 0 Å². The molecule has 0 aromatic rings. The van der Waals surface area contributed by atoms with E-state index in [9.17, 15) is 31.6 Å². The zero-order valence-electron chi connectivity index (χ0n) is 11.3. The highest BCUT2D eigenvalue weighted by Gasteiger charge is 2.59. The van der Waals surface area contributed by atoms with Crippen molar-refractivity contribution >= 4 is 0 Å². The average Bonchev–Trinajstić information content (AvgIpc) is 2.58. The summed E-state index contributed by atoms with van der Waals surface area (Å²) in [7, 11) is 0. The molecule has 2 atom stereocenters. The maximum Gasteiger partial charge on any atom is 0.138 e. The van der Waals surface area contributed by atoms with Crippen LogP contribution in [0.4, 0.5) is 0 Å². The van der Waals surface area contributed by atoms with Crippen LogP contribution in [0.3, 0.4) is 0 Å². The molecule has 0 fully saturated rings. The fraction of sp³-hybridized carbons (Fsp3) is 0.125. The molecule has 0 spiro atoms. The van der Waals surface area contributed by atoms with Crippen LogP contribution in [0.1, 0.15) is 0 Å². The lowest BCUT2D eigenvalue weighted by molar-refractivity contribution is 0.394. The summed E-state index contributed by atoms with van der Waals surface area (Å²) in [4.78, 5) is 0. The first-order valence-electron chi connectivity index (χ1n) is 5.74. The smallest absolute Gasteiger partial charge is 0.138 e. The third-order valence-corrected chi connectivity index (χ3v) is 3.57. The zero-order chi connectivity index (χ0) is 17.0. The van der Waals surface area contributed by atoms with Crippen molar-refractivity contribution in [2.75, 3.05) is 0 Å². The Bertz CT molecular complexity index is 815. The maximum absolute atomic E-state index is 9.60. The van der Waals surface area contributed by atoms with Crippen molar-refractivity contribution in [1.29, 1.82) is 31.6 Å². The Kier molecular flexibility index (Phi) is 3.98. The van der Waals surface area contributed by atoms with Crippen LogP contribution in [0.25, 0.3) is 0 Å². The molecule has 1 rings (SSSR count). The number of rotatable bonds is 2. The molecular weight excluding hydrogens is 276 g/mol. The predicted molar refractivity (Wildman–Crippen MR) is 73.0 cm³/mol. The van der Waals surface area contributed by atoms with E-state index in [1.165, 1.54) is 0 Å². The van der Waals surface area contributed by atoms with Crippen molar-refractivity contribution in [2.24, 2.45) is 10.8 Å². The Hall–Kier alpha value is -4.10. The van der Waals surface area contributed by atoms with Crippen molar-refractivity contribution in [3.8, 4) is 36.4 Å². The second-order valence-electron chi connectivity index (χ2n) is 4.20. The Morgan fingerprint density at radius 1 is 0.636 bits per heavy atom. The molecule has 0 radical (unpaired) electrons. The number of hydrogen-bond acceptors (Lipinski definition) is 6. The number of nitriles is 6. The van der Waals surface area contributed by atoms with Crippen molar-refractivity contribution in [2.45, 2.75) is 0 Å². The number of hydrogen-bond donors (Lipinski definition) is 0. The molecule has 1 aliphatic rings. The van der Waals surface area contributed by atoms with Gasteiger partial charge >= 0.3 is 0 Å². The van der Waals surface area contributed by atoms with Crippen molar-refractivity contribution < 1.29 is 0 Å². The second kappa shape index (κ2) is 5.49. The Morgan fingerprint density at radius 2 is 0.955 bits per heavy atom. The van der Waals surface area contributed by atoms with Crippen LogP contribution in [0.2, 0.25) is 0 Å². The normalized spacial score (nSPS) is 26.3. The molecule has 0 saturated carbocycles. The molecule has 0 heterocycles. The summed E-state index contributed by atoms with van der Waals surface area (Å²) in [6, 6.07) is 10.3. The number of allylic oxidation sites excluding steroid dienone is 6. The maximum atomic E-state index is 9.60. The SMILES string of the molecule is C=CC1(C#N)C(C#N)=C(C#N)C(C#N)=C(C#N)C1(C#N)C=C. The highest BCUT2D eigenvalue weighted by Crippen LogP contribution is 2.56. The molecule has 0 aromatic heterocycles. The molecule has 0 aliphatic heterocycles. The Morgan fingerprint density at radius 3 is 1.09 bits per heavy atom. The van der Waals surface area contributed by atoms with Gasteiger partial charge in [-0.15, -0.1) is 13.2 Å². The van der Waals surface area contributed by atoms with Crippen LogP contribution in [0.15, 0.2) is 47.6 Å². The molecule has 22 heavy (non-hydrogen) atoms. The van der Waals surface area contributed by atoms with Crippen LogP contribution in [-0.4, -0.2) is 0 Å². The second-order valence-corrected chi connectivity index (χ2v) is 4.20. The van der Waals surface area contributed by atoms with Crippen LogP contribution in [0, 0.1) is 78.8 Å². The fourth-order valence-electron chi connectivity index (χ4n) is 2.46. The minimum absolute atomic E-state index is 0.399. The summed E-state index contributed by atoms with van der Waals surface area (Å²) in [5.41, 5.74) is -5.57. The monoisotopic (exact) mass is 282 g/mol. The van der Waals surface area contributed by atoms with Crippen LogP contribution < -0.4 is 0 Å². The van der Waals surface area contributed by atoms with Gasteiger partial charge in [0.2, 0.25) is 0 Å². The van der Waals surface area contributed by atoms with Gasteiger partial charge in [-0.25, -0.2) is 0 Å². The largest absolute Gasteiger partial charge is 0.197 e. The molecular formula is C16H6N6. The lowest BCUT2D eigenvalue weighted by Crippen LogP contribution is -2.43. The molecule has 0 aromatic carbocycles. The molecule has 100 valence electrons. The Balaban J connectivity index is 4.35. The lowest BCUT2D eigenvalue weighted by atomic mass is 9.53. The van der Waals surface area contributed by atoms with Gasteiger partial charge in [0.25, 0.3) is 0 Å². The van der Waals surface area contributed by atoms with Crippen LogP contribution >= 0.6 is 0 Å². The van der Waals surface area contributed by atoms with Gasteiger partial charge in [-0.3, -0.25) is 0 Å². The molecule has 0 amide bonds. The summed E-state index contributed by atoms with van der Waals surface area (Å²) >= 11 is 0. The third kappa shape index (κ3) is 1.48. The zero-order valence-corrected chi connectivity index (χ0v) is 11.3. The fourth-order valence-corrected chi connectivity index (χ4v) is 2.46. The molecule has 0 bridgehead atoms.